The average Bonchev–Trinajstić information content (AvgIpc) is 3.67. The number of carbonyl (C=O) groups is 2. The minimum Gasteiger partial charge on any atom is -0.497 e. The number of nitrogens with one attached hydrogen (secondary N) is 1. The molecule has 3 aromatic carbocycles. The van der Waals surface area contributed by atoms with Crippen molar-refractivity contribution in [2.24, 2.45) is 0 Å². The number of para-hydroxylation sites is 3. The van der Waals surface area contributed by atoms with E-state index in [1.165, 1.54) is 17.0 Å². The summed E-state index contributed by atoms with van der Waals surface area (Å²) in [6.45, 7) is -0.132. The van der Waals surface area contributed by atoms with Crippen LogP contribution in [0.3, 0.4) is 0 Å². The summed E-state index contributed by atoms with van der Waals surface area (Å²) < 4.78 is 21.7. The maximum atomic E-state index is 14.2. The minimum absolute atomic E-state index is 0.0611. The molecule has 38 heavy (non-hydrogen) atoms. The smallest absolute Gasteiger partial charge is 0.322 e. The second-order valence-electron chi connectivity index (χ2n) is 9.50. The molecule has 0 saturated heterocycles. The van der Waals surface area contributed by atoms with Crippen molar-refractivity contribution in [3.63, 3.8) is 0 Å². The molecule has 3 amide bonds. The van der Waals surface area contributed by atoms with Crippen LogP contribution >= 0.6 is 0 Å². The second kappa shape index (κ2) is 9.70. The summed E-state index contributed by atoms with van der Waals surface area (Å²) in [6.07, 6.45) is 3.60. The molecule has 2 aliphatic rings. The lowest BCUT2D eigenvalue weighted by atomic mass is 9.97. The number of fused-ring (bicyclic) bond motifs is 3. The number of urea groups is 1. The molecule has 1 fully saturated rings. The van der Waals surface area contributed by atoms with Crippen molar-refractivity contribution in [1.82, 2.24) is 9.47 Å². The van der Waals surface area contributed by atoms with Crippen LogP contribution < -0.4 is 15.0 Å². The summed E-state index contributed by atoms with van der Waals surface area (Å²) in [5.41, 5.74) is 3.60. The highest BCUT2D eigenvalue weighted by Crippen LogP contribution is 2.43. The molecule has 1 aliphatic carbocycles. The van der Waals surface area contributed by atoms with Gasteiger partial charge in [-0.3, -0.25) is 9.69 Å². The van der Waals surface area contributed by atoms with Gasteiger partial charge in [-0.2, -0.15) is 0 Å². The van der Waals surface area contributed by atoms with Gasteiger partial charge >= 0.3 is 6.03 Å². The largest absolute Gasteiger partial charge is 0.497 e. The molecule has 1 aromatic heterocycles. The molecule has 1 saturated carbocycles. The van der Waals surface area contributed by atoms with Gasteiger partial charge in [-0.05, 0) is 66.9 Å². The first kappa shape index (κ1) is 23.8. The van der Waals surface area contributed by atoms with Crippen molar-refractivity contribution in [2.75, 3.05) is 23.9 Å². The van der Waals surface area contributed by atoms with E-state index >= 15 is 0 Å². The van der Waals surface area contributed by atoms with Crippen LogP contribution in [0.25, 0.3) is 5.69 Å². The second-order valence-corrected chi connectivity index (χ2v) is 9.50. The minimum atomic E-state index is -0.520. The van der Waals surface area contributed by atoms with Gasteiger partial charge < -0.3 is 19.5 Å². The van der Waals surface area contributed by atoms with Gasteiger partial charge in [-0.15, -0.1) is 0 Å². The summed E-state index contributed by atoms with van der Waals surface area (Å²) in [5.74, 6) is -0.0162. The fraction of sp³-hybridized carbons (Fsp3) is 0.200. The molecule has 2 heterocycles. The average molecular weight is 511 g/mol. The van der Waals surface area contributed by atoms with Gasteiger partial charge in [0.05, 0.1) is 29.9 Å². The third-order valence-corrected chi connectivity index (χ3v) is 7.09. The normalized spacial score (nSPS) is 15.8. The van der Waals surface area contributed by atoms with E-state index in [0.29, 0.717) is 0 Å². The van der Waals surface area contributed by atoms with Gasteiger partial charge in [-0.25, -0.2) is 9.18 Å². The number of anilines is 2. The summed E-state index contributed by atoms with van der Waals surface area (Å²) in [6, 6.07) is 24.5. The van der Waals surface area contributed by atoms with Crippen LogP contribution in [0.4, 0.5) is 20.6 Å². The lowest BCUT2D eigenvalue weighted by Gasteiger charge is -2.39. The van der Waals surface area contributed by atoms with E-state index in [1.807, 2.05) is 66.9 Å². The number of halogens is 1. The number of nitrogens with zero attached hydrogens (tertiary/aromatic N) is 3. The number of amides is 3. The van der Waals surface area contributed by atoms with Crippen molar-refractivity contribution >= 4 is 23.3 Å². The van der Waals surface area contributed by atoms with Gasteiger partial charge in [0.25, 0.3) is 0 Å². The highest BCUT2D eigenvalue weighted by atomic mass is 19.1. The van der Waals surface area contributed by atoms with Crippen LogP contribution in [0.15, 0.2) is 91.1 Å². The van der Waals surface area contributed by atoms with Crippen molar-refractivity contribution in [2.45, 2.75) is 24.9 Å². The summed E-state index contributed by atoms with van der Waals surface area (Å²) in [7, 11) is 1.62. The molecule has 0 radical (unpaired) electrons. The van der Waals surface area contributed by atoms with Gasteiger partial charge in [0, 0.05) is 12.2 Å². The highest BCUT2D eigenvalue weighted by molar-refractivity contribution is 6.01. The van der Waals surface area contributed by atoms with E-state index in [1.54, 1.807) is 24.1 Å². The lowest BCUT2D eigenvalue weighted by Crippen LogP contribution is -2.48. The number of carbonyl (C=O) groups excluding carboxylic acids is 2. The molecule has 7 nitrogen and oxygen atoms in total. The van der Waals surface area contributed by atoms with Crippen molar-refractivity contribution in [3.05, 3.63) is 108 Å². The maximum Gasteiger partial charge on any atom is 0.322 e. The first-order valence-corrected chi connectivity index (χ1v) is 12.6. The predicted octanol–water partition coefficient (Wildman–Crippen LogP) is 5.76. The first-order chi connectivity index (χ1) is 18.5. The van der Waals surface area contributed by atoms with Crippen LogP contribution in [0.1, 0.15) is 30.1 Å². The number of hydrogen-bond donors (Lipinski definition) is 1. The van der Waals surface area contributed by atoms with Gasteiger partial charge in [0.1, 0.15) is 24.2 Å². The third kappa shape index (κ3) is 4.28. The first-order valence-electron chi connectivity index (χ1n) is 12.6. The zero-order valence-corrected chi connectivity index (χ0v) is 20.9. The number of methoxy groups -OCH3 is 1. The molecule has 192 valence electrons. The Kier molecular flexibility index (Phi) is 6.07. The Labute approximate surface area is 220 Å². The van der Waals surface area contributed by atoms with Crippen LogP contribution in [0, 0.1) is 5.82 Å². The zero-order valence-electron chi connectivity index (χ0n) is 20.9. The molecule has 1 atom stereocenters. The van der Waals surface area contributed by atoms with Crippen molar-refractivity contribution < 1.29 is 18.7 Å². The van der Waals surface area contributed by atoms with Crippen LogP contribution in [-0.2, 0) is 4.79 Å². The Balaban J connectivity index is 1.36. The van der Waals surface area contributed by atoms with E-state index in [9.17, 15) is 14.0 Å². The number of hydrogen-bond acceptors (Lipinski definition) is 3. The molecule has 1 N–H and O–H groups in total. The summed E-state index contributed by atoms with van der Waals surface area (Å²) >= 11 is 0. The monoisotopic (exact) mass is 510 g/mol. The summed E-state index contributed by atoms with van der Waals surface area (Å²) in [5, 5.41) is 2.65. The Morgan fingerprint density at radius 3 is 2.37 bits per heavy atom. The SMILES string of the molecule is COc1ccc(C2c3cccn3-c3ccccc3N2C(=O)CN(C(=O)Nc2ccccc2F)C2CC2)cc1. The molecular formula is C30H27FN4O3. The molecule has 1 unspecified atom stereocenters. The standard InChI is InChI=1S/C30H27FN4O3/c1-38-22-16-12-20(13-17-22)29-27-11-6-18-33(27)25-9-4-5-10-26(25)35(29)28(36)19-34(21-14-15-21)30(37)32-24-8-3-2-7-23(24)31/h2-13,16-18,21,29H,14-15,19H2,1H3,(H,32,37). The van der Waals surface area contributed by atoms with E-state index in [2.05, 4.69) is 9.88 Å². The third-order valence-electron chi connectivity index (χ3n) is 7.09. The van der Waals surface area contributed by atoms with Crippen LogP contribution in [-0.4, -0.2) is 41.1 Å². The summed E-state index contributed by atoms with van der Waals surface area (Å²) in [4.78, 5) is 30.7. The Bertz CT molecular complexity index is 1500. The molecule has 0 spiro atoms. The van der Waals surface area contributed by atoms with Crippen LogP contribution in [0.2, 0.25) is 0 Å². The Hall–Kier alpha value is -4.59. The van der Waals surface area contributed by atoms with E-state index in [-0.39, 0.29) is 24.2 Å². The number of ether oxygens (including phenoxy) is 1. The number of aromatic nitrogens is 1. The van der Waals surface area contributed by atoms with Gasteiger partial charge in [0.15, 0.2) is 0 Å². The fourth-order valence-corrected chi connectivity index (χ4v) is 5.09. The van der Waals surface area contributed by atoms with E-state index < -0.39 is 17.9 Å². The Morgan fingerprint density at radius 2 is 1.66 bits per heavy atom. The topological polar surface area (TPSA) is 66.8 Å². The Morgan fingerprint density at radius 1 is 0.947 bits per heavy atom. The number of benzene rings is 3. The van der Waals surface area contributed by atoms with E-state index in [4.69, 9.17) is 4.74 Å². The molecule has 8 heteroatoms. The maximum absolute atomic E-state index is 14.2. The molecule has 6 rings (SSSR count). The van der Waals surface area contributed by atoms with Gasteiger partial charge in [-0.1, -0.05) is 36.4 Å². The van der Waals surface area contributed by atoms with Crippen LogP contribution in [0.5, 0.6) is 5.75 Å². The molecule has 0 bridgehead atoms. The predicted molar refractivity (Wildman–Crippen MR) is 143 cm³/mol. The molecule has 1 aliphatic heterocycles. The van der Waals surface area contributed by atoms with Gasteiger partial charge in [0.2, 0.25) is 5.91 Å². The zero-order chi connectivity index (χ0) is 26.2. The molecule has 4 aromatic rings. The number of rotatable bonds is 6. The quantitative estimate of drug-likeness (QED) is 0.359. The van der Waals surface area contributed by atoms with Crippen molar-refractivity contribution in [3.8, 4) is 11.4 Å². The highest BCUT2D eigenvalue weighted by Gasteiger charge is 2.40. The van der Waals surface area contributed by atoms with E-state index in [0.717, 1.165) is 41.2 Å². The fourth-order valence-electron chi connectivity index (χ4n) is 5.09. The lowest BCUT2D eigenvalue weighted by molar-refractivity contribution is -0.119. The van der Waals surface area contributed by atoms with Crippen molar-refractivity contribution in [1.29, 1.82) is 0 Å². The molecular weight excluding hydrogens is 483 g/mol.